The van der Waals surface area contributed by atoms with Crippen molar-refractivity contribution in [1.29, 1.82) is 0 Å². The molecule has 0 aliphatic rings. The van der Waals surface area contributed by atoms with Crippen LogP contribution in [0.3, 0.4) is 0 Å². The minimum absolute atomic E-state index is 0.636. The van der Waals surface area contributed by atoms with Crippen LogP contribution in [0.25, 0.3) is 22.2 Å². The number of nitrogens with two attached hydrogens (primary N) is 1. The summed E-state index contributed by atoms with van der Waals surface area (Å²) >= 11 is 0. The summed E-state index contributed by atoms with van der Waals surface area (Å²) in [5.74, 6) is 0. The van der Waals surface area contributed by atoms with Crippen LogP contribution in [0, 0.1) is 13.8 Å². The summed E-state index contributed by atoms with van der Waals surface area (Å²) in [5, 5.41) is 8.89. The van der Waals surface area contributed by atoms with Crippen molar-refractivity contribution in [1.82, 2.24) is 14.8 Å². The van der Waals surface area contributed by atoms with Gasteiger partial charge in [-0.05, 0) is 32.9 Å². The molecule has 0 amide bonds. The second-order valence-electron chi connectivity index (χ2n) is 5.25. The average molecular weight is 268 g/mol. The third-order valence-electron chi connectivity index (χ3n) is 4.10. The van der Waals surface area contributed by atoms with E-state index in [0.29, 0.717) is 6.54 Å². The normalized spacial score (nSPS) is 11.4. The Labute approximate surface area is 118 Å². The van der Waals surface area contributed by atoms with Crippen molar-refractivity contribution in [2.24, 2.45) is 12.8 Å². The Morgan fingerprint density at radius 3 is 2.75 bits per heavy atom. The third kappa shape index (κ3) is 1.76. The zero-order valence-electron chi connectivity index (χ0n) is 12.2. The van der Waals surface area contributed by atoms with Crippen molar-refractivity contribution in [3.8, 4) is 11.3 Å². The number of nitrogens with one attached hydrogen (secondary N) is 1. The largest absolute Gasteiger partial charge is 0.347 e. The Balaban J connectivity index is 2.33. The van der Waals surface area contributed by atoms with Crippen LogP contribution >= 0.6 is 0 Å². The van der Waals surface area contributed by atoms with Crippen molar-refractivity contribution in [3.63, 3.8) is 0 Å². The number of hydrogen-bond acceptors (Lipinski definition) is 2. The van der Waals surface area contributed by atoms with E-state index in [1.54, 1.807) is 0 Å². The van der Waals surface area contributed by atoms with Crippen molar-refractivity contribution in [2.45, 2.75) is 20.3 Å². The molecule has 0 radical (unpaired) electrons. The lowest BCUT2D eigenvalue weighted by Crippen LogP contribution is -2.04. The molecule has 0 aliphatic heterocycles. The number of para-hydroxylation sites is 1. The molecule has 4 heteroatoms. The van der Waals surface area contributed by atoms with Gasteiger partial charge < -0.3 is 10.3 Å². The maximum atomic E-state index is 5.74. The highest BCUT2D eigenvalue weighted by atomic mass is 15.1. The predicted octanol–water partition coefficient (Wildman–Crippen LogP) is 2.69. The molecule has 0 aliphatic carbocycles. The minimum Gasteiger partial charge on any atom is -0.347 e. The summed E-state index contributed by atoms with van der Waals surface area (Å²) in [5.41, 5.74) is 12.8. The fourth-order valence-electron chi connectivity index (χ4n) is 2.93. The lowest BCUT2D eigenvalue weighted by molar-refractivity contribution is 0.917. The molecule has 0 spiro atoms. The van der Waals surface area contributed by atoms with Gasteiger partial charge in [0.1, 0.15) is 0 Å². The van der Waals surface area contributed by atoms with Crippen molar-refractivity contribution in [3.05, 3.63) is 41.2 Å². The van der Waals surface area contributed by atoms with Crippen LogP contribution in [0.4, 0.5) is 0 Å². The summed E-state index contributed by atoms with van der Waals surface area (Å²) in [6.07, 6.45) is 0.848. The number of hydrogen-bond donors (Lipinski definition) is 2. The molecule has 3 rings (SSSR count). The number of aryl methyl sites for hydroxylation is 2. The molecule has 0 atom stereocenters. The molecule has 0 saturated heterocycles. The average Bonchev–Trinajstić information content (AvgIpc) is 2.92. The molecule has 104 valence electrons. The van der Waals surface area contributed by atoms with Crippen LogP contribution in [-0.2, 0) is 13.5 Å². The van der Waals surface area contributed by atoms with Gasteiger partial charge in [0.2, 0.25) is 0 Å². The zero-order valence-corrected chi connectivity index (χ0v) is 12.2. The van der Waals surface area contributed by atoms with E-state index in [9.17, 15) is 0 Å². The highest BCUT2D eigenvalue weighted by molar-refractivity contribution is 5.97. The molecule has 0 saturated carbocycles. The number of aromatic nitrogens is 3. The number of H-pyrrole nitrogens is 1. The molecule has 2 heterocycles. The molecular weight excluding hydrogens is 248 g/mol. The Hall–Kier alpha value is -2.07. The molecule has 20 heavy (non-hydrogen) atoms. The molecular formula is C16H20N4. The van der Waals surface area contributed by atoms with E-state index in [4.69, 9.17) is 5.73 Å². The van der Waals surface area contributed by atoms with Gasteiger partial charge in [-0.3, -0.25) is 5.10 Å². The lowest BCUT2D eigenvalue weighted by atomic mass is 10.0. The van der Waals surface area contributed by atoms with E-state index in [1.165, 1.54) is 27.7 Å². The highest BCUT2D eigenvalue weighted by Gasteiger charge is 2.19. The quantitative estimate of drug-likeness (QED) is 0.767. The minimum atomic E-state index is 0.636. The first-order chi connectivity index (χ1) is 9.65. The van der Waals surface area contributed by atoms with Gasteiger partial charge in [0, 0.05) is 40.5 Å². The third-order valence-corrected chi connectivity index (χ3v) is 4.10. The van der Waals surface area contributed by atoms with Gasteiger partial charge in [-0.1, -0.05) is 18.2 Å². The fraction of sp³-hybridized carbons (Fsp3) is 0.312. The highest BCUT2D eigenvalue weighted by Crippen LogP contribution is 2.35. The van der Waals surface area contributed by atoms with Crippen LogP contribution in [0.5, 0.6) is 0 Å². The zero-order chi connectivity index (χ0) is 14.3. The molecule has 2 aromatic heterocycles. The SMILES string of the molecule is Cc1[nH]nc(-c2c(C)n(C)c3ccccc23)c1CCN. The molecule has 0 fully saturated rings. The van der Waals surface area contributed by atoms with Crippen LogP contribution in [0.1, 0.15) is 17.0 Å². The standard InChI is InChI=1S/C16H20N4/c1-10-12(8-9-17)16(19-18-10)15-11(2)20(3)14-7-5-4-6-13(14)15/h4-7H,8-9,17H2,1-3H3,(H,18,19). The second-order valence-corrected chi connectivity index (χ2v) is 5.25. The number of fused-ring (bicyclic) bond motifs is 1. The molecule has 1 aromatic carbocycles. The van der Waals surface area contributed by atoms with Crippen LogP contribution < -0.4 is 5.73 Å². The smallest absolute Gasteiger partial charge is 0.0980 e. The summed E-state index contributed by atoms with van der Waals surface area (Å²) in [7, 11) is 2.10. The first-order valence-electron chi connectivity index (χ1n) is 6.93. The first-order valence-corrected chi connectivity index (χ1v) is 6.93. The van der Waals surface area contributed by atoms with Crippen molar-refractivity contribution >= 4 is 10.9 Å². The number of benzene rings is 1. The monoisotopic (exact) mass is 268 g/mol. The summed E-state index contributed by atoms with van der Waals surface area (Å²) < 4.78 is 2.22. The van der Waals surface area contributed by atoms with E-state index in [-0.39, 0.29) is 0 Å². The number of rotatable bonds is 3. The van der Waals surface area contributed by atoms with Crippen LogP contribution in [0.2, 0.25) is 0 Å². The number of nitrogens with zero attached hydrogens (tertiary/aromatic N) is 2. The predicted molar refractivity (Wildman–Crippen MR) is 82.7 cm³/mol. The van der Waals surface area contributed by atoms with Gasteiger partial charge in [0.25, 0.3) is 0 Å². The van der Waals surface area contributed by atoms with Gasteiger partial charge in [-0.15, -0.1) is 0 Å². The Kier molecular flexibility index (Phi) is 3.10. The van der Waals surface area contributed by atoms with Crippen molar-refractivity contribution < 1.29 is 0 Å². The van der Waals surface area contributed by atoms with Crippen LogP contribution in [-0.4, -0.2) is 21.3 Å². The fourth-order valence-corrected chi connectivity index (χ4v) is 2.93. The Morgan fingerprint density at radius 2 is 2.00 bits per heavy atom. The second kappa shape index (κ2) is 4.80. The maximum Gasteiger partial charge on any atom is 0.0980 e. The summed E-state index contributed by atoms with van der Waals surface area (Å²) in [4.78, 5) is 0. The summed E-state index contributed by atoms with van der Waals surface area (Å²) in [6.45, 7) is 4.84. The number of aromatic amines is 1. The summed E-state index contributed by atoms with van der Waals surface area (Å²) in [6, 6.07) is 8.46. The van der Waals surface area contributed by atoms with Gasteiger partial charge >= 0.3 is 0 Å². The van der Waals surface area contributed by atoms with E-state index in [2.05, 4.69) is 59.9 Å². The van der Waals surface area contributed by atoms with Crippen molar-refractivity contribution in [2.75, 3.05) is 6.54 Å². The molecule has 3 aromatic rings. The van der Waals surface area contributed by atoms with Crippen LogP contribution in [0.15, 0.2) is 24.3 Å². The van der Waals surface area contributed by atoms with E-state index in [1.807, 2.05) is 0 Å². The van der Waals surface area contributed by atoms with Gasteiger partial charge in [0.05, 0.1) is 5.69 Å². The van der Waals surface area contributed by atoms with Gasteiger partial charge in [-0.25, -0.2) is 0 Å². The van der Waals surface area contributed by atoms with E-state index >= 15 is 0 Å². The van der Waals surface area contributed by atoms with E-state index in [0.717, 1.165) is 17.8 Å². The molecule has 4 nitrogen and oxygen atoms in total. The maximum absolute atomic E-state index is 5.74. The lowest BCUT2D eigenvalue weighted by Gasteiger charge is -2.04. The Morgan fingerprint density at radius 1 is 1.25 bits per heavy atom. The molecule has 0 bridgehead atoms. The Bertz CT molecular complexity index is 764. The van der Waals surface area contributed by atoms with Gasteiger partial charge in [0.15, 0.2) is 0 Å². The molecule has 0 unspecified atom stereocenters. The molecule has 3 N–H and O–H groups in total. The van der Waals surface area contributed by atoms with E-state index < -0.39 is 0 Å². The first kappa shape index (κ1) is 12.9. The van der Waals surface area contributed by atoms with Gasteiger partial charge in [-0.2, -0.15) is 5.10 Å². The topological polar surface area (TPSA) is 59.6 Å².